The fraction of sp³-hybridized carbons (Fsp3) is 0.455. The zero-order valence-electron chi connectivity index (χ0n) is 10.5. The van der Waals surface area contributed by atoms with Crippen LogP contribution in [-0.4, -0.2) is 38.5 Å². The molecule has 0 amide bonds. The second kappa shape index (κ2) is 5.83. The first-order valence-electron chi connectivity index (χ1n) is 5.31. The van der Waals surface area contributed by atoms with Gasteiger partial charge in [0.1, 0.15) is 5.60 Å². The molecule has 0 saturated carbocycles. The Morgan fingerprint density at radius 2 is 1.83 bits per heavy atom. The van der Waals surface area contributed by atoms with Crippen LogP contribution in [0.5, 0.6) is 0 Å². The summed E-state index contributed by atoms with van der Waals surface area (Å²) in [6.07, 6.45) is 0. The summed E-state index contributed by atoms with van der Waals surface area (Å²) in [5, 5.41) is 10.3. The maximum absolute atomic E-state index is 11.6. The van der Waals surface area contributed by atoms with E-state index in [1.807, 2.05) is 12.1 Å². The molecule has 2 N–H and O–H groups in total. The van der Waals surface area contributed by atoms with Crippen LogP contribution in [0.2, 0.25) is 0 Å². The molecule has 0 heterocycles. The van der Waals surface area contributed by atoms with Crippen molar-refractivity contribution < 1.29 is 13.5 Å². The van der Waals surface area contributed by atoms with E-state index in [-0.39, 0.29) is 6.54 Å². The number of halogens is 1. The third-order valence-corrected chi connectivity index (χ3v) is 4.74. The molecule has 1 unspecified atom stereocenters. The summed E-state index contributed by atoms with van der Waals surface area (Å²) in [5.41, 5.74) is -0.572. The SMILES string of the molecule is CN(C)S(=O)(=O)NCC(C)(O)c1ccc(I)cc1. The molecule has 1 aromatic carbocycles. The molecule has 1 rings (SSSR count). The lowest BCUT2D eigenvalue weighted by molar-refractivity contribution is 0.0624. The molecule has 0 aliphatic heterocycles. The van der Waals surface area contributed by atoms with Crippen molar-refractivity contribution in [2.45, 2.75) is 12.5 Å². The summed E-state index contributed by atoms with van der Waals surface area (Å²) in [7, 11) is -0.661. The predicted molar refractivity (Wildman–Crippen MR) is 79.3 cm³/mol. The van der Waals surface area contributed by atoms with Gasteiger partial charge in [0, 0.05) is 24.2 Å². The minimum absolute atomic E-state index is 0.0753. The van der Waals surface area contributed by atoms with Gasteiger partial charge in [-0.15, -0.1) is 0 Å². The molecule has 5 nitrogen and oxygen atoms in total. The number of nitrogens with one attached hydrogen (secondary N) is 1. The van der Waals surface area contributed by atoms with Crippen LogP contribution < -0.4 is 4.72 Å². The summed E-state index contributed by atoms with van der Waals surface area (Å²) < 4.78 is 27.6. The average Bonchev–Trinajstić information content (AvgIpc) is 2.27. The van der Waals surface area contributed by atoms with E-state index < -0.39 is 15.8 Å². The van der Waals surface area contributed by atoms with Crippen molar-refractivity contribution in [2.24, 2.45) is 0 Å². The molecule has 0 bridgehead atoms. The molecule has 0 aliphatic carbocycles. The smallest absolute Gasteiger partial charge is 0.279 e. The maximum atomic E-state index is 11.6. The quantitative estimate of drug-likeness (QED) is 0.742. The topological polar surface area (TPSA) is 69.6 Å². The zero-order valence-corrected chi connectivity index (χ0v) is 13.5. The number of hydrogen-bond acceptors (Lipinski definition) is 3. The predicted octanol–water partition coefficient (Wildman–Crippen LogP) is 0.895. The largest absolute Gasteiger partial charge is 0.384 e. The van der Waals surface area contributed by atoms with E-state index in [2.05, 4.69) is 27.3 Å². The Bertz CT molecular complexity index is 498. The van der Waals surface area contributed by atoms with Crippen molar-refractivity contribution in [3.05, 3.63) is 33.4 Å². The Labute approximate surface area is 122 Å². The highest BCUT2D eigenvalue weighted by Crippen LogP contribution is 2.21. The first kappa shape index (κ1) is 15.8. The van der Waals surface area contributed by atoms with Gasteiger partial charge < -0.3 is 5.11 Å². The average molecular weight is 384 g/mol. The van der Waals surface area contributed by atoms with Crippen molar-refractivity contribution in [1.82, 2.24) is 9.03 Å². The Morgan fingerprint density at radius 1 is 1.33 bits per heavy atom. The monoisotopic (exact) mass is 384 g/mol. The van der Waals surface area contributed by atoms with Crippen molar-refractivity contribution in [3.8, 4) is 0 Å². The molecule has 0 spiro atoms. The minimum Gasteiger partial charge on any atom is -0.384 e. The van der Waals surface area contributed by atoms with Crippen LogP contribution in [0.25, 0.3) is 0 Å². The van der Waals surface area contributed by atoms with E-state index in [4.69, 9.17) is 0 Å². The highest BCUT2D eigenvalue weighted by Gasteiger charge is 2.26. The molecule has 7 heteroatoms. The summed E-state index contributed by atoms with van der Waals surface area (Å²) in [4.78, 5) is 0. The molecule has 0 aromatic heterocycles. The number of benzene rings is 1. The zero-order chi connectivity index (χ0) is 14.0. The molecule has 1 aromatic rings. The van der Waals surface area contributed by atoms with Crippen LogP contribution >= 0.6 is 22.6 Å². The number of nitrogens with zero attached hydrogens (tertiary/aromatic N) is 1. The van der Waals surface area contributed by atoms with Gasteiger partial charge in [0.2, 0.25) is 0 Å². The van der Waals surface area contributed by atoms with Crippen LogP contribution in [0.4, 0.5) is 0 Å². The lowest BCUT2D eigenvalue weighted by Gasteiger charge is -2.25. The standard InChI is InChI=1S/C11H17IN2O3S/c1-11(15,8-13-18(16,17)14(2)3)9-4-6-10(12)7-5-9/h4-7,13,15H,8H2,1-3H3. The normalized spacial score (nSPS) is 15.7. The fourth-order valence-corrected chi connectivity index (χ4v) is 2.35. The van der Waals surface area contributed by atoms with Gasteiger partial charge in [-0.1, -0.05) is 12.1 Å². The van der Waals surface area contributed by atoms with Crippen molar-refractivity contribution in [1.29, 1.82) is 0 Å². The van der Waals surface area contributed by atoms with Gasteiger partial charge in [-0.25, -0.2) is 0 Å². The summed E-state index contributed by atoms with van der Waals surface area (Å²) in [6, 6.07) is 7.30. The Kier molecular flexibility index (Phi) is 5.13. The third kappa shape index (κ3) is 4.16. The molecule has 1 atom stereocenters. The molecule has 0 radical (unpaired) electrons. The number of rotatable bonds is 5. The van der Waals surface area contributed by atoms with Gasteiger partial charge in [0.15, 0.2) is 0 Å². The summed E-state index contributed by atoms with van der Waals surface area (Å²) in [5.74, 6) is 0. The van der Waals surface area contributed by atoms with Crippen molar-refractivity contribution in [2.75, 3.05) is 20.6 Å². The lowest BCUT2D eigenvalue weighted by atomic mass is 9.97. The second-order valence-corrected chi connectivity index (χ2v) is 7.60. The Balaban J connectivity index is 2.80. The molecule has 18 heavy (non-hydrogen) atoms. The van der Waals surface area contributed by atoms with E-state index >= 15 is 0 Å². The third-order valence-electron chi connectivity index (χ3n) is 2.55. The molecular formula is C11H17IN2O3S. The first-order valence-corrected chi connectivity index (χ1v) is 7.82. The highest BCUT2D eigenvalue weighted by molar-refractivity contribution is 14.1. The minimum atomic E-state index is -3.53. The molecule has 102 valence electrons. The van der Waals surface area contributed by atoms with Gasteiger partial charge in [-0.3, -0.25) is 0 Å². The first-order chi connectivity index (χ1) is 8.15. The summed E-state index contributed by atoms with van der Waals surface area (Å²) in [6.45, 7) is 1.50. The van der Waals surface area contributed by atoms with Crippen LogP contribution in [0.1, 0.15) is 12.5 Å². The summed E-state index contributed by atoms with van der Waals surface area (Å²) >= 11 is 2.17. The van der Waals surface area contributed by atoms with Crippen molar-refractivity contribution in [3.63, 3.8) is 0 Å². The molecule has 0 saturated heterocycles. The molecule has 0 aliphatic rings. The maximum Gasteiger partial charge on any atom is 0.279 e. The van der Waals surface area contributed by atoms with E-state index in [0.29, 0.717) is 5.56 Å². The Hall–Kier alpha value is -0.220. The van der Waals surface area contributed by atoms with E-state index in [0.717, 1.165) is 7.88 Å². The molecular weight excluding hydrogens is 367 g/mol. The number of hydrogen-bond donors (Lipinski definition) is 2. The van der Waals surface area contributed by atoms with Crippen LogP contribution in [0, 0.1) is 3.57 Å². The van der Waals surface area contributed by atoms with Crippen LogP contribution in [0.15, 0.2) is 24.3 Å². The van der Waals surface area contributed by atoms with Crippen LogP contribution in [-0.2, 0) is 15.8 Å². The van der Waals surface area contributed by atoms with Gasteiger partial charge in [-0.05, 0) is 47.2 Å². The fourth-order valence-electron chi connectivity index (χ4n) is 1.27. The van der Waals surface area contributed by atoms with E-state index in [9.17, 15) is 13.5 Å². The van der Waals surface area contributed by atoms with Crippen molar-refractivity contribution >= 4 is 32.8 Å². The van der Waals surface area contributed by atoms with Gasteiger partial charge in [0.05, 0.1) is 0 Å². The Morgan fingerprint density at radius 3 is 2.28 bits per heavy atom. The van der Waals surface area contributed by atoms with Crippen LogP contribution in [0.3, 0.4) is 0 Å². The lowest BCUT2D eigenvalue weighted by Crippen LogP contribution is -2.43. The number of aliphatic hydroxyl groups is 1. The second-order valence-electron chi connectivity index (χ2n) is 4.39. The van der Waals surface area contributed by atoms with Gasteiger partial charge in [0.25, 0.3) is 10.2 Å². The van der Waals surface area contributed by atoms with Gasteiger partial charge >= 0.3 is 0 Å². The highest BCUT2D eigenvalue weighted by atomic mass is 127. The van der Waals surface area contributed by atoms with E-state index in [1.165, 1.54) is 14.1 Å². The van der Waals surface area contributed by atoms with E-state index in [1.54, 1.807) is 19.1 Å². The molecule has 0 fully saturated rings. The van der Waals surface area contributed by atoms with Gasteiger partial charge in [-0.2, -0.15) is 17.4 Å².